The minimum atomic E-state index is -0.250. The number of carbonyl (C=O) groups excluding carboxylic acids is 2. The van der Waals surface area contributed by atoms with Crippen molar-refractivity contribution in [3.05, 3.63) is 99.0 Å². The number of benzene rings is 2. The molecule has 1 aromatic heterocycles. The Morgan fingerprint density at radius 1 is 0.925 bits per heavy atom. The molecule has 1 N–H and O–H groups in total. The highest BCUT2D eigenvalue weighted by atomic mass is 16.5. The Bertz CT molecular complexity index is 1300. The zero-order chi connectivity index (χ0) is 28.7. The molecule has 0 atom stereocenters. The zero-order valence-electron chi connectivity index (χ0n) is 24.0. The maximum Gasteiger partial charge on any atom is 0.310 e. The second-order valence-electron chi connectivity index (χ2n) is 10.2. The summed E-state index contributed by atoms with van der Waals surface area (Å²) >= 11 is 0. The molecule has 0 unspecified atom stereocenters. The van der Waals surface area contributed by atoms with Crippen molar-refractivity contribution in [2.75, 3.05) is 26.2 Å². The molecule has 1 fully saturated rings. The number of nitrogens with zero attached hydrogens (tertiary/aromatic N) is 3. The summed E-state index contributed by atoms with van der Waals surface area (Å²) in [6.07, 6.45) is 4.76. The summed E-state index contributed by atoms with van der Waals surface area (Å²) in [5.74, 6) is -0.0902. The number of amides is 1. The van der Waals surface area contributed by atoms with E-state index in [1.807, 2.05) is 37.3 Å². The number of piperidine rings is 1. The third kappa shape index (κ3) is 11.1. The Balaban J connectivity index is 0.000000222. The molecule has 40 heavy (non-hydrogen) atoms. The van der Waals surface area contributed by atoms with Crippen LogP contribution in [0.1, 0.15) is 60.6 Å². The zero-order valence-corrected chi connectivity index (χ0v) is 24.0. The number of hydrogen-bond acceptors (Lipinski definition) is 6. The number of likely N-dealkylation sites (tertiary alicyclic amines) is 1. The van der Waals surface area contributed by atoms with Gasteiger partial charge in [-0.25, -0.2) is 4.68 Å². The summed E-state index contributed by atoms with van der Waals surface area (Å²) < 4.78 is 6.35. The van der Waals surface area contributed by atoms with Gasteiger partial charge in [0, 0.05) is 25.6 Å². The third-order valence-electron chi connectivity index (χ3n) is 6.65. The van der Waals surface area contributed by atoms with E-state index in [2.05, 4.69) is 40.4 Å². The molecule has 1 aliphatic heterocycles. The molecule has 1 amide bonds. The SMILES string of the molecule is CCOC(=O)Cc1cccc(Cn2nc(C)ccc2=O)c1.Cc1cccc(CNC(=O)CCN2CCCCC2)c1. The van der Waals surface area contributed by atoms with Gasteiger partial charge in [-0.05, 0) is 69.5 Å². The highest BCUT2D eigenvalue weighted by molar-refractivity contribution is 5.76. The lowest BCUT2D eigenvalue weighted by Crippen LogP contribution is -2.34. The molecule has 0 saturated carbocycles. The normalized spacial score (nSPS) is 13.2. The molecule has 0 bridgehead atoms. The Morgan fingerprint density at radius 3 is 2.40 bits per heavy atom. The van der Waals surface area contributed by atoms with Crippen LogP contribution in [0.2, 0.25) is 0 Å². The lowest BCUT2D eigenvalue weighted by molar-refractivity contribution is -0.142. The third-order valence-corrected chi connectivity index (χ3v) is 6.65. The van der Waals surface area contributed by atoms with Crippen molar-refractivity contribution < 1.29 is 14.3 Å². The van der Waals surface area contributed by atoms with Crippen LogP contribution in [0.5, 0.6) is 0 Å². The van der Waals surface area contributed by atoms with Gasteiger partial charge in [0.2, 0.25) is 5.91 Å². The summed E-state index contributed by atoms with van der Waals surface area (Å²) in [6.45, 7) is 10.3. The van der Waals surface area contributed by atoms with Gasteiger partial charge in [-0.2, -0.15) is 5.10 Å². The molecule has 2 aromatic carbocycles. The molecule has 1 saturated heterocycles. The maximum atomic E-state index is 11.8. The van der Waals surface area contributed by atoms with Crippen molar-refractivity contribution >= 4 is 11.9 Å². The number of ether oxygens (including phenoxy) is 1. The van der Waals surface area contributed by atoms with E-state index in [4.69, 9.17) is 4.74 Å². The molecule has 1 aliphatic rings. The lowest BCUT2D eigenvalue weighted by atomic mass is 10.1. The van der Waals surface area contributed by atoms with Gasteiger partial charge in [0.1, 0.15) is 0 Å². The van der Waals surface area contributed by atoms with E-state index in [9.17, 15) is 14.4 Å². The molecular weight excluding hydrogens is 504 g/mol. The fourth-order valence-corrected chi connectivity index (χ4v) is 4.61. The van der Waals surface area contributed by atoms with E-state index in [0.717, 1.165) is 36.5 Å². The monoisotopic (exact) mass is 546 g/mol. The molecule has 4 rings (SSSR count). The predicted octanol–water partition coefficient (Wildman–Crippen LogP) is 4.19. The second-order valence-corrected chi connectivity index (χ2v) is 10.2. The molecule has 8 heteroatoms. The highest BCUT2D eigenvalue weighted by Gasteiger charge is 2.11. The summed E-state index contributed by atoms with van der Waals surface area (Å²) in [5.41, 5.74) is 4.85. The molecule has 214 valence electrons. The lowest BCUT2D eigenvalue weighted by Gasteiger charge is -2.25. The number of aromatic nitrogens is 2. The average Bonchev–Trinajstić information content (AvgIpc) is 2.94. The van der Waals surface area contributed by atoms with Gasteiger partial charge in [-0.1, -0.05) is 60.5 Å². The Morgan fingerprint density at radius 2 is 1.65 bits per heavy atom. The van der Waals surface area contributed by atoms with E-state index < -0.39 is 0 Å². The maximum absolute atomic E-state index is 11.8. The van der Waals surface area contributed by atoms with Crippen LogP contribution in [0.25, 0.3) is 0 Å². The number of nitrogens with one attached hydrogen (secondary N) is 1. The average molecular weight is 547 g/mol. The van der Waals surface area contributed by atoms with Crippen molar-refractivity contribution in [1.29, 1.82) is 0 Å². The van der Waals surface area contributed by atoms with Gasteiger partial charge >= 0.3 is 5.97 Å². The first-order valence-corrected chi connectivity index (χ1v) is 14.1. The minimum Gasteiger partial charge on any atom is -0.466 e. The predicted molar refractivity (Wildman–Crippen MR) is 157 cm³/mol. The smallest absolute Gasteiger partial charge is 0.310 e. The second kappa shape index (κ2) is 16.4. The van der Waals surface area contributed by atoms with Gasteiger partial charge in [0.25, 0.3) is 5.56 Å². The first-order chi connectivity index (χ1) is 19.3. The van der Waals surface area contributed by atoms with Crippen LogP contribution < -0.4 is 10.9 Å². The van der Waals surface area contributed by atoms with Crippen molar-refractivity contribution in [2.45, 2.75) is 66.0 Å². The minimum absolute atomic E-state index is 0.142. The molecule has 2 heterocycles. The van der Waals surface area contributed by atoms with Gasteiger partial charge in [-0.15, -0.1) is 0 Å². The summed E-state index contributed by atoms with van der Waals surface area (Å²) in [7, 11) is 0. The number of hydrogen-bond donors (Lipinski definition) is 1. The number of aryl methyl sites for hydroxylation is 2. The van der Waals surface area contributed by atoms with E-state index in [0.29, 0.717) is 26.1 Å². The molecule has 8 nitrogen and oxygen atoms in total. The van der Waals surface area contributed by atoms with Crippen LogP contribution in [0, 0.1) is 13.8 Å². The number of carbonyl (C=O) groups is 2. The van der Waals surface area contributed by atoms with Crippen molar-refractivity contribution in [1.82, 2.24) is 20.0 Å². The Kier molecular flexibility index (Phi) is 12.6. The molecule has 0 spiro atoms. The molecule has 0 radical (unpaired) electrons. The molecule has 3 aromatic rings. The van der Waals surface area contributed by atoms with Crippen LogP contribution in [0.3, 0.4) is 0 Å². The quantitative estimate of drug-likeness (QED) is 0.383. The largest absolute Gasteiger partial charge is 0.466 e. The van der Waals surface area contributed by atoms with Gasteiger partial charge in [0.15, 0.2) is 0 Å². The van der Waals surface area contributed by atoms with Gasteiger partial charge in [0.05, 0.1) is 25.3 Å². The van der Waals surface area contributed by atoms with E-state index in [1.165, 1.54) is 41.1 Å². The summed E-state index contributed by atoms with van der Waals surface area (Å²) in [6, 6.07) is 19.0. The highest BCUT2D eigenvalue weighted by Crippen LogP contribution is 2.10. The van der Waals surface area contributed by atoms with E-state index in [-0.39, 0.29) is 23.9 Å². The number of esters is 1. The molecular formula is C32H42N4O4. The topological polar surface area (TPSA) is 93.5 Å². The first kappa shape index (κ1) is 30.8. The van der Waals surface area contributed by atoms with Crippen LogP contribution in [0.15, 0.2) is 65.5 Å². The van der Waals surface area contributed by atoms with Crippen molar-refractivity contribution in [3.8, 4) is 0 Å². The summed E-state index contributed by atoms with van der Waals surface area (Å²) in [4.78, 5) is 37.4. The van der Waals surface area contributed by atoms with E-state index >= 15 is 0 Å². The standard InChI is InChI=1S/C16H18N2O3.C16H24N2O/c1-3-21-16(20)10-13-5-4-6-14(9-13)11-18-15(19)8-7-12(2)17-18;1-14-6-5-7-15(12-14)13-17-16(19)8-11-18-9-3-2-4-10-18/h4-9H,3,10-11H2,1-2H3;5-7,12H,2-4,8-11,13H2,1H3,(H,17,19). The number of rotatable bonds is 10. The van der Waals surface area contributed by atoms with E-state index in [1.54, 1.807) is 13.0 Å². The van der Waals surface area contributed by atoms with Gasteiger partial charge in [-0.3, -0.25) is 14.4 Å². The van der Waals surface area contributed by atoms with Crippen LogP contribution in [0.4, 0.5) is 0 Å². The Labute approximate surface area is 237 Å². The summed E-state index contributed by atoms with van der Waals surface area (Å²) in [5, 5.41) is 7.20. The first-order valence-electron chi connectivity index (χ1n) is 14.1. The van der Waals surface area contributed by atoms with Crippen molar-refractivity contribution in [3.63, 3.8) is 0 Å². The van der Waals surface area contributed by atoms with Crippen LogP contribution in [-0.2, 0) is 33.8 Å². The van der Waals surface area contributed by atoms with Crippen LogP contribution >= 0.6 is 0 Å². The van der Waals surface area contributed by atoms with Crippen molar-refractivity contribution in [2.24, 2.45) is 0 Å². The molecule has 0 aliphatic carbocycles. The fourth-order valence-electron chi connectivity index (χ4n) is 4.61. The fraction of sp³-hybridized carbons (Fsp3) is 0.438. The Hall–Kier alpha value is -3.78. The van der Waals surface area contributed by atoms with Gasteiger partial charge < -0.3 is 15.0 Å². The van der Waals surface area contributed by atoms with Crippen LogP contribution in [-0.4, -0.2) is 52.8 Å².